The lowest BCUT2D eigenvalue weighted by molar-refractivity contribution is -0.126. The average molecular weight is 499 g/mol. The van der Waals surface area contributed by atoms with E-state index in [9.17, 15) is 13.6 Å². The summed E-state index contributed by atoms with van der Waals surface area (Å²) < 4.78 is 38.3. The van der Waals surface area contributed by atoms with Gasteiger partial charge in [-0.05, 0) is 49.1 Å². The van der Waals surface area contributed by atoms with Gasteiger partial charge in [-0.1, -0.05) is 6.07 Å². The van der Waals surface area contributed by atoms with Gasteiger partial charge in [0.2, 0.25) is 5.95 Å². The highest BCUT2D eigenvalue weighted by Gasteiger charge is 2.57. The van der Waals surface area contributed by atoms with Crippen LogP contribution >= 0.6 is 11.3 Å². The van der Waals surface area contributed by atoms with Crippen LogP contribution in [0, 0.1) is 25.5 Å². The number of aromatic nitrogens is 2. The minimum absolute atomic E-state index is 0.124. The Hall–Kier alpha value is -2.95. The van der Waals surface area contributed by atoms with Crippen molar-refractivity contribution in [2.75, 3.05) is 31.7 Å². The van der Waals surface area contributed by atoms with E-state index in [1.165, 1.54) is 6.07 Å². The largest absolute Gasteiger partial charge is 0.379 e. The first-order valence-corrected chi connectivity index (χ1v) is 12.3. The Bertz CT molecular complexity index is 1330. The average Bonchev–Trinajstić information content (AvgIpc) is 3.49. The maximum Gasteiger partial charge on any atom is 0.256 e. The Morgan fingerprint density at radius 2 is 2.06 bits per heavy atom. The number of benzene rings is 1. The van der Waals surface area contributed by atoms with E-state index in [0.717, 1.165) is 51.7 Å². The van der Waals surface area contributed by atoms with Gasteiger partial charge in [-0.25, -0.2) is 18.7 Å². The number of aryl methyl sites for hydroxylation is 1. The van der Waals surface area contributed by atoms with Crippen LogP contribution in [0.5, 0.6) is 0 Å². The fraction of sp³-hybridized carbons (Fsp3) is 0.400. The third-order valence-corrected chi connectivity index (χ3v) is 8.49. The molecule has 0 radical (unpaired) electrons. The normalized spacial score (nSPS) is 20.4. The fourth-order valence-electron chi connectivity index (χ4n) is 4.97. The monoisotopic (exact) mass is 498 g/mol. The second-order valence-corrected chi connectivity index (χ2v) is 10.4. The van der Waals surface area contributed by atoms with Crippen LogP contribution in [0.3, 0.4) is 0 Å². The predicted octanol–water partition coefficient (Wildman–Crippen LogP) is 4.18. The van der Waals surface area contributed by atoms with Crippen LogP contribution in [0.15, 0.2) is 24.4 Å². The highest BCUT2D eigenvalue weighted by atomic mass is 32.1. The first kappa shape index (κ1) is 22.5. The minimum atomic E-state index is -0.922. The van der Waals surface area contributed by atoms with Crippen LogP contribution in [0.25, 0.3) is 10.6 Å². The quantitative estimate of drug-likeness (QED) is 0.569. The van der Waals surface area contributed by atoms with E-state index < -0.39 is 17.2 Å². The number of hydrogen-bond acceptors (Lipinski definition) is 7. The lowest BCUT2D eigenvalue weighted by atomic mass is 9.94. The van der Waals surface area contributed by atoms with E-state index in [1.54, 1.807) is 22.4 Å². The first-order valence-electron chi connectivity index (χ1n) is 11.5. The Kier molecular flexibility index (Phi) is 5.35. The fourth-order valence-corrected chi connectivity index (χ4v) is 6.50. The molecule has 5 heterocycles. The molecule has 0 aliphatic carbocycles. The van der Waals surface area contributed by atoms with Crippen molar-refractivity contribution in [1.29, 1.82) is 0 Å². The highest BCUT2D eigenvalue weighted by Crippen LogP contribution is 2.52. The van der Waals surface area contributed by atoms with Gasteiger partial charge in [-0.2, -0.15) is 0 Å². The lowest BCUT2D eigenvalue weighted by Gasteiger charge is -2.45. The molecule has 7 nitrogen and oxygen atoms in total. The molecule has 6 rings (SSSR count). The standard InChI is InChI=1S/C25H24F2N4O3S/c1-13-8-28-24(29-16-5-6-33-10-16)30-20(13)21-14(2)19-22(35-21)25(11-34-12-25)31(23(19)32)9-15-3-4-17(26)18(27)7-15/h3-4,7-8,16H,5-6,9-12H2,1-2H3,(H,28,29,30)/t16-/m0/s1. The van der Waals surface area contributed by atoms with E-state index in [1.807, 2.05) is 13.8 Å². The van der Waals surface area contributed by atoms with Crippen molar-refractivity contribution in [3.8, 4) is 10.6 Å². The van der Waals surface area contributed by atoms with Gasteiger partial charge in [0, 0.05) is 24.2 Å². The van der Waals surface area contributed by atoms with Crippen molar-refractivity contribution in [2.45, 2.75) is 38.4 Å². The number of carbonyl (C=O) groups excluding carboxylic acids is 1. The first-order chi connectivity index (χ1) is 16.9. The molecule has 10 heteroatoms. The summed E-state index contributed by atoms with van der Waals surface area (Å²) in [5.41, 5.74) is 3.18. The Morgan fingerprint density at radius 3 is 2.74 bits per heavy atom. The number of halogens is 2. The summed E-state index contributed by atoms with van der Waals surface area (Å²) in [4.78, 5) is 26.5. The molecule has 3 aliphatic rings. The molecular formula is C25H24F2N4O3S. The van der Waals surface area contributed by atoms with Gasteiger partial charge in [-0.15, -0.1) is 11.3 Å². The van der Waals surface area contributed by atoms with Crippen LogP contribution in [-0.4, -0.2) is 53.2 Å². The van der Waals surface area contributed by atoms with Crippen molar-refractivity contribution >= 4 is 23.2 Å². The second kappa shape index (κ2) is 8.32. The van der Waals surface area contributed by atoms with Crippen molar-refractivity contribution in [1.82, 2.24) is 14.9 Å². The third kappa shape index (κ3) is 3.54. The third-order valence-electron chi connectivity index (χ3n) is 7.00. The van der Waals surface area contributed by atoms with Crippen LogP contribution in [0.2, 0.25) is 0 Å². The number of thiophene rings is 1. The smallest absolute Gasteiger partial charge is 0.256 e. The molecule has 2 fully saturated rings. The molecule has 182 valence electrons. The molecule has 1 N–H and O–H groups in total. The van der Waals surface area contributed by atoms with Crippen molar-refractivity contribution < 1.29 is 23.0 Å². The molecule has 3 aromatic rings. The Labute approximate surface area is 205 Å². The number of nitrogens with one attached hydrogen (secondary N) is 1. The topological polar surface area (TPSA) is 76.6 Å². The maximum atomic E-state index is 13.8. The Morgan fingerprint density at radius 1 is 1.23 bits per heavy atom. The number of hydrogen-bond donors (Lipinski definition) is 1. The van der Waals surface area contributed by atoms with E-state index in [0.29, 0.717) is 36.9 Å². The summed E-state index contributed by atoms with van der Waals surface area (Å²) >= 11 is 1.55. The van der Waals surface area contributed by atoms with Gasteiger partial charge in [-0.3, -0.25) is 4.79 Å². The van der Waals surface area contributed by atoms with Crippen LogP contribution in [-0.2, 0) is 21.6 Å². The number of rotatable bonds is 5. The van der Waals surface area contributed by atoms with Gasteiger partial charge < -0.3 is 19.7 Å². The zero-order valence-corrected chi connectivity index (χ0v) is 20.2. The second-order valence-electron chi connectivity index (χ2n) is 9.35. The Balaban J connectivity index is 1.36. The SMILES string of the molecule is Cc1cnc(N[C@H]2CCOC2)nc1-c1sc2c(c1C)C(=O)N(Cc1ccc(F)c(F)c1)C21COC1. The molecule has 2 aromatic heterocycles. The lowest BCUT2D eigenvalue weighted by Crippen LogP contribution is -2.56. The van der Waals surface area contributed by atoms with Crippen LogP contribution < -0.4 is 5.32 Å². The number of ether oxygens (including phenoxy) is 2. The number of carbonyl (C=O) groups is 1. The molecule has 0 bridgehead atoms. The zero-order chi connectivity index (χ0) is 24.3. The summed E-state index contributed by atoms with van der Waals surface area (Å²) in [7, 11) is 0. The van der Waals surface area contributed by atoms with E-state index in [4.69, 9.17) is 14.5 Å². The summed E-state index contributed by atoms with van der Waals surface area (Å²) in [5, 5.41) is 3.34. The van der Waals surface area contributed by atoms with E-state index >= 15 is 0 Å². The predicted molar refractivity (Wildman–Crippen MR) is 126 cm³/mol. The number of anilines is 1. The van der Waals surface area contributed by atoms with Crippen molar-refractivity contribution in [3.63, 3.8) is 0 Å². The summed E-state index contributed by atoms with van der Waals surface area (Å²) in [5.74, 6) is -1.41. The minimum Gasteiger partial charge on any atom is -0.379 e. The molecule has 3 aliphatic heterocycles. The van der Waals surface area contributed by atoms with Crippen molar-refractivity contribution in [3.05, 3.63) is 63.2 Å². The van der Waals surface area contributed by atoms with E-state index in [-0.39, 0.29) is 18.5 Å². The molecule has 0 saturated carbocycles. The highest BCUT2D eigenvalue weighted by molar-refractivity contribution is 7.16. The summed E-state index contributed by atoms with van der Waals surface area (Å²) in [6, 6.07) is 3.93. The summed E-state index contributed by atoms with van der Waals surface area (Å²) in [6.07, 6.45) is 2.70. The number of nitrogens with zero attached hydrogens (tertiary/aromatic N) is 3. The maximum absolute atomic E-state index is 13.8. The van der Waals surface area contributed by atoms with Gasteiger partial charge in [0.15, 0.2) is 11.6 Å². The van der Waals surface area contributed by atoms with Gasteiger partial charge in [0.1, 0.15) is 5.54 Å². The van der Waals surface area contributed by atoms with Gasteiger partial charge >= 0.3 is 0 Å². The zero-order valence-electron chi connectivity index (χ0n) is 19.4. The molecule has 35 heavy (non-hydrogen) atoms. The van der Waals surface area contributed by atoms with Gasteiger partial charge in [0.05, 0.1) is 42.0 Å². The molecule has 1 atom stereocenters. The van der Waals surface area contributed by atoms with Crippen LogP contribution in [0.1, 0.15) is 38.3 Å². The molecule has 1 amide bonds. The van der Waals surface area contributed by atoms with Gasteiger partial charge in [0.25, 0.3) is 5.91 Å². The molecule has 1 aromatic carbocycles. The van der Waals surface area contributed by atoms with E-state index in [2.05, 4.69) is 10.3 Å². The number of amides is 1. The summed E-state index contributed by atoms with van der Waals surface area (Å²) in [6.45, 7) is 6.17. The molecule has 1 spiro atoms. The molecule has 0 unspecified atom stereocenters. The molecule has 2 saturated heterocycles. The van der Waals surface area contributed by atoms with Crippen molar-refractivity contribution in [2.24, 2.45) is 0 Å². The molecular weight excluding hydrogens is 474 g/mol. The van der Waals surface area contributed by atoms with Crippen LogP contribution in [0.4, 0.5) is 14.7 Å². The number of fused-ring (bicyclic) bond motifs is 2.